The van der Waals surface area contributed by atoms with Gasteiger partial charge in [-0.3, -0.25) is 4.79 Å². The number of aliphatic carboxylic acids is 1. The van der Waals surface area contributed by atoms with Crippen molar-refractivity contribution in [2.24, 2.45) is 0 Å². The highest BCUT2D eigenvalue weighted by atomic mass is 32.2. The van der Waals surface area contributed by atoms with Gasteiger partial charge in [-0.25, -0.2) is 13.2 Å². The summed E-state index contributed by atoms with van der Waals surface area (Å²) in [7, 11) is -1.55. The van der Waals surface area contributed by atoms with Crippen LogP contribution in [0.2, 0.25) is 0 Å². The number of urea groups is 1. The molecule has 2 amide bonds. The maximum atomic E-state index is 12.2. The van der Waals surface area contributed by atoms with E-state index >= 15 is 0 Å². The van der Waals surface area contributed by atoms with Crippen LogP contribution in [0.1, 0.15) is 20.3 Å². The molecule has 1 heterocycles. The Hall–Kier alpha value is -1.31. The van der Waals surface area contributed by atoms with Crippen molar-refractivity contribution in [3.8, 4) is 0 Å². The molecule has 1 aliphatic rings. The molecule has 7 nitrogen and oxygen atoms in total. The van der Waals surface area contributed by atoms with Crippen LogP contribution in [0.15, 0.2) is 0 Å². The molecule has 1 atom stereocenters. The van der Waals surface area contributed by atoms with E-state index in [1.54, 1.807) is 13.8 Å². The van der Waals surface area contributed by atoms with Gasteiger partial charge < -0.3 is 14.9 Å². The average Bonchev–Trinajstić information content (AvgIpc) is 2.64. The van der Waals surface area contributed by atoms with Crippen molar-refractivity contribution in [1.82, 2.24) is 9.80 Å². The Morgan fingerprint density at radius 2 is 1.95 bits per heavy atom. The molecule has 1 aliphatic heterocycles. The molecule has 1 fully saturated rings. The number of hydrogen-bond acceptors (Lipinski definition) is 4. The third kappa shape index (κ3) is 4.09. The Kier molecular flexibility index (Phi) is 4.78. The molecule has 0 aromatic rings. The van der Waals surface area contributed by atoms with Gasteiger partial charge in [-0.05, 0) is 20.3 Å². The third-order valence-corrected chi connectivity index (χ3v) is 4.98. The van der Waals surface area contributed by atoms with E-state index in [1.165, 1.54) is 16.8 Å². The zero-order valence-corrected chi connectivity index (χ0v) is 12.2. The first-order chi connectivity index (χ1) is 8.64. The van der Waals surface area contributed by atoms with Crippen LogP contribution in [-0.2, 0) is 14.6 Å². The minimum atomic E-state index is -3.07. The highest BCUT2D eigenvalue weighted by Crippen LogP contribution is 2.18. The molecule has 0 bridgehead atoms. The molecule has 1 saturated heterocycles. The first-order valence-corrected chi connectivity index (χ1v) is 7.92. The molecule has 0 aliphatic carbocycles. The summed E-state index contributed by atoms with van der Waals surface area (Å²) in [6.45, 7) is 3.06. The summed E-state index contributed by atoms with van der Waals surface area (Å²) in [5, 5.41) is 8.80. The van der Waals surface area contributed by atoms with E-state index in [4.69, 9.17) is 5.11 Å². The highest BCUT2D eigenvalue weighted by molar-refractivity contribution is 7.91. The van der Waals surface area contributed by atoms with Crippen molar-refractivity contribution >= 4 is 21.8 Å². The summed E-state index contributed by atoms with van der Waals surface area (Å²) in [6.07, 6.45) is 0.406. The first-order valence-electron chi connectivity index (χ1n) is 6.09. The van der Waals surface area contributed by atoms with Crippen molar-refractivity contribution in [1.29, 1.82) is 0 Å². The van der Waals surface area contributed by atoms with Crippen LogP contribution in [0.3, 0.4) is 0 Å². The normalized spacial score (nSPS) is 21.4. The SMILES string of the molecule is CC(C)N(CC(=O)O)C(=O)N(C)C1CCS(=O)(=O)C1. The molecule has 0 aromatic carbocycles. The zero-order chi connectivity index (χ0) is 14.8. The van der Waals surface area contributed by atoms with E-state index in [1.807, 2.05) is 0 Å². The topological polar surface area (TPSA) is 95.0 Å². The summed E-state index contributed by atoms with van der Waals surface area (Å²) in [6, 6.07) is -1.07. The summed E-state index contributed by atoms with van der Waals surface area (Å²) >= 11 is 0. The van der Waals surface area contributed by atoms with E-state index in [0.717, 1.165) is 0 Å². The minimum Gasteiger partial charge on any atom is -0.480 e. The van der Waals surface area contributed by atoms with Gasteiger partial charge in [0.25, 0.3) is 0 Å². The van der Waals surface area contributed by atoms with Crippen molar-refractivity contribution in [2.75, 3.05) is 25.1 Å². The molecule has 8 heteroatoms. The van der Waals surface area contributed by atoms with Gasteiger partial charge in [-0.2, -0.15) is 0 Å². The lowest BCUT2D eigenvalue weighted by Gasteiger charge is -2.32. The van der Waals surface area contributed by atoms with Gasteiger partial charge in [-0.15, -0.1) is 0 Å². The van der Waals surface area contributed by atoms with Crippen molar-refractivity contribution in [3.63, 3.8) is 0 Å². The first kappa shape index (κ1) is 15.7. The Morgan fingerprint density at radius 1 is 1.37 bits per heavy atom. The van der Waals surface area contributed by atoms with E-state index < -0.39 is 21.8 Å². The van der Waals surface area contributed by atoms with Gasteiger partial charge in [0.1, 0.15) is 6.54 Å². The number of carboxylic acids is 1. The average molecular weight is 292 g/mol. The van der Waals surface area contributed by atoms with Crippen LogP contribution in [0.5, 0.6) is 0 Å². The standard InChI is InChI=1S/C11H20N2O5S/c1-8(2)13(6-10(14)15)11(16)12(3)9-4-5-19(17,18)7-9/h8-9H,4-7H2,1-3H3,(H,14,15). The van der Waals surface area contributed by atoms with Gasteiger partial charge in [0, 0.05) is 19.1 Å². The summed E-state index contributed by atoms with van der Waals surface area (Å²) in [5.41, 5.74) is 0. The van der Waals surface area contributed by atoms with Gasteiger partial charge in [-0.1, -0.05) is 0 Å². The number of sulfone groups is 1. The van der Waals surface area contributed by atoms with Gasteiger partial charge in [0.05, 0.1) is 11.5 Å². The summed E-state index contributed by atoms with van der Waals surface area (Å²) in [5.74, 6) is -1.06. The highest BCUT2D eigenvalue weighted by Gasteiger charge is 2.35. The van der Waals surface area contributed by atoms with Crippen LogP contribution in [0.4, 0.5) is 4.79 Å². The molecule has 0 radical (unpaired) electrons. The van der Waals surface area contributed by atoms with Gasteiger partial charge in [0.15, 0.2) is 9.84 Å². The minimum absolute atomic E-state index is 0.0474. The number of carbonyl (C=O) groups is 2. The molecular weight excluding hydrogens is 272 g/mol. The smallest absolute Gasteiger partial charge is 0.323 e. The number of carbonyl (C=O) groups excluding carboxylic acids is 1. The molecule has 0 saturated carbocycles. The van der Waals surface area contributed by atoms with Crippen molar-refractivity contribution in [3.05, 3.63) is 0 Å². The zero-order valence-electron chi connectivity index (χ0n) is 11.4. The number of hydrogen-bond donors (Lipinski definition) is 1. The van der Waals surface area contributed by atoms with Crippen LogP contribution < -0.4 is 0 Å². The second kappa shape index (κ2) is 5.77. The van der Waals surface area contributed by atoms with E-state index in [2.05, 4.69) is 0 Å². The fourth-order valence-corrected chi connectivity index (χ4v) is 3.83. The Bertz CT molecular complexity index is 460. The molecule has 1 rings (SSSR count). The van der Waals surface area contributed by atoms with Crippen molar-refractivity contribution in [2.45, 2.75) is 32.4 Å². The quantitative estimate of drug-likeness (QED) is 0.788. The van der Waals surface area contributed by atoms with Crippen LogP contribution in [-0.4, -0.2) is 72.5 Å². The van der Waals surface area contributed by atoms with Gasteiger partial charge in [0.2, 0.25) is 0 Å². The van der Waals surface area contributed by atoms with E-state index in [0.29, 0.717) is 6.42 Å². The van der Waals surface area contributed by atoms with Crippen LogP contribution in [0.25, 0.3) is 0 Å². The monoisotopic (exact) mass is 292 g/mol. The molecule has 0 spiro atoms. The summed E-state index contributed by atoms with van der Waals surface area (Å²) < 4.78 is 22.8. The fraction of sp³-hybridized carbons (Fsp3) is 0.818. The maximum Gasteiger partial charge on any atom is 0.323 e. The second-order valence-electron chi connectivity index (χ2n) is 5.07. The lowest BCUT2D eigenvalue weighted by atomic mass is 10.2. The Labute approximate surface area is 113 Å². The molecule has 0 aromatic heterocycles. The Balaban J connectivity index is 2.77. The third-order valence-electron chi connectivity index (χ3n) is 3.23. The lowest BCUT2D eigenvalue weighted by Crippen LogP contribution is -2.50. The predicted octanol–water partition coefficient (Wildman–Crippen LogP) is 0.0203. The molecule has 1 unspecified atom stereocenters. The Morgan fingerprint density at radius 3 is 2.32 bits per heavy atom. The number of carboxylic acid groups (broad SMARTS) is 1. The van der Waals surface area contributed by atoms with E-state index in [9.17, 15) is 18.0 Å². The number of rotatable bonds is 4. The number of amides is 2. The maximum absolute atomic E-state index is 12.2. The van der Waals surface area contributed by atoms with E-state index in [-0.39, 0.29) is 30.1 Å². The lowest BCUT2D eigenvalue weighted by molar-refractivity contribution is -0.138. The van der Waals surface area contributed by atoms with Crippen LogP contribution in [0, 0.1) is 0 Å². The van der Waals surface area contributed by atoms with Crippen molar-refractivity contribution < 1.29 is 23.1 Å². The molecule has 110 valence electrons. The fourth-order valence-electron chi connectivity index (χ4n) is 2.06. The van der Waals surface area contributed by atoms with Gasteiger partial charge >= 0.3 is 12.0 Å². The molecule has 1 N–H and O–H groups in total. The van der Waals surface area contributed by atoms with Crippen LogP contribution >= 0.6 is 0 Å². The molecule has 19 heavy (non-hydrogen) atoms. The second-order valence-corrected chi connectivity index (χ2v) is 7.29. The predicted molar refractivity (Wildman–Crippen MR) is 69.7 cm³/mol. The largest absolute Gasteiger partial charge is 0.480 e. The number of nitrogens with zero attached hydrogens (tertiary/aromatic N) is 2. The summed E-state index contributed by atoms with van der Waals surface area (Å²) in [4.78, 5) is 25.5. The molecular formula is C11H20N2O5S.